The number of amides is 1. The molecule has 0 unspecified atom stereocenters. The van der Waals surface area contributed by atoms with E-state index >= 15 is 0 Å². The van der Waals surface area contributed by atoms with Gasteiger partial charge in [0.05, 0.1) is 0 Å². The van der Waals surface area contributed by atoms with Crippen LogP contribution in [0.2, 0.25) is 0 Å². The summed E-state index contributed by atoms with van der Waals surface area (Å²) < 4.78 is 25.1. The number of anilines is 1. The molecule has 0 fully saturated rings. The summed E-state index contributed by atoms with van der Waals surface area (Å²) in [5.74, 6) is -1.93. The van der Waals surface area contributed by atoms with Crippen molar-refractivity contribution >= 4 is 23.6 Å². The number of hydrogen-bond acceptors (Lipinski definition) is 1. The van der Waals surface area contributed by atoms with Crippen molar-refractivity contribution in [3.05, 3.63) is 29.8 Å². The lowest BCUT2D eigenvalue weighted by Crippen LogP contribution is -2.19. The van der Waals surface area contributed by atoms with Crippen LogP contribution in [0.5, 0.6) is 0 Å². The molecule has 2 nitrogen and oxygen atoms in total. The van der Waals surface area contributed by atoms with Crippen LogP contribution in [-0.4, -0.2) is 12.3 Å². The van der Waals surface area contributed by atoms with Gasteiger partial charge in [-0.15, -0.1) is 0 Å². The molecular formula is C8H7F2NOS. The fourth-order valence-corrected chi connectivity index (χ4v) is 0.920. The Bertz CT molecular complexity index is 343. The van der Waals surface area contributed by atoms with Crippen molar-refractivity contribution in [2.75, 3.05) is 11.9 Å². The predicted molar refractivity (Wildman–Crippen MR) is 49.1 cm³/mol. The number of thiol groups is 1. The summed E-state index contributed by atoms with van der Waals surface area (Å²) in [6.07, 6.45) is 0. The van der Waals surface area contributed by atoms with Crippen LogP contribution in [0.25, 0.3) is 0 Å². The molecule has 0 aliphatic rings. The Kier molecular flexibility index (Phi) is 2.87. The third-order valence-corrected chi connectivity index (χ3v) is 1.88. The summed E-state index contributed by atoms with van der Waals surface area (Å²) in [4.78, 5) is 11.8. The molecule has 70 valence electrons. The first-order valence-corrected chi connectivity index (χ1v) is 3.89. The van der Waals surface area contributed by atoms with Crippen LogP contribution in [0.4, 0.5) is 19.3 Å². The first-order valence-electron chi connectivity index (χ1n) is 3.44. The molecule has 1 aromatic carbocycles. The van der Waals surface area contributed by atoms with Crippen molar-refractivity contribution in [3.8, 4) is 0 Å². The van der Waals surface area contributed by atoms with Crippen molar-refractivity contribution in [2.45, 2.75) is 0 Å². The lowest BCUT2D eigenvalue weighted by Gasteiger charge is -2.13. The van der Waals surface area contributed by atoms with E-state index in [9.17, 15) is 13.6 Å². The highest BCUT2D eigenvalue weighted by atomic mass is 32.1. The van der Waals surface area contributed by atoms with Gasteiger partial charge in [0.15, 0.2) is 11.6 Å². The Balaban J connectivity index is 3.03. The third kappa shape index (κ3) is 2.18. The van der Waals surface area contributed by atoms with Crippen LogP contribution >= 0.6 is 12.6 Å². The van der Waals surface area contributed by atoms with E-state index in [0.717, 1.165) is 17.0 Å². The van der Waals surface area contributed by atoms with Gasteiger partial charge in [-0.3, -0.25) is 4.79 Å². The molecule has 0 heterocycles. The van der Waals surface area contributed by atoms with Gasteiger partial charge in [0, 0.05) is 18.8 Å². The number of hydrogen-bond donors (Lipinski definition) is 1. The minimum atomic E-state index is -0.987. The lowest BCUT2D eigenvalue weighted by atomic mass is 10.3. The number of carbonyl (C=O) groups excluding carboxylic acids is 1. The quantitative estimate of drug-likeness (QED) is 0.695. The molecule has 0 saturated heterocycles. The lowest BCUT2D eigenvalue weighted by molar-refractivity contribution is 0.266. The molecule has 1 amide bonds. The van der Waals surface area contributed by atoms with Gasteiger partial charge in [-0.05, 0) is 12.1 Å². The van der Waals surface area contributed by atoms with Gasteiger partial charge in [-0.2, -0.15) is 0 Å². The first-order chi connectivity index (χ1) is 6.02. The van der Waals surface area contributed by atoms with E-state index in [1.165, 1.54) is 13.1 Å². The summed E-state index contributed by atoms with van der Waals surface area (Å²) in [6.45, 7) is 0. The van der Waals surface area contributed by atoms with E-state index in [0.29, 0.717) is 0 Å². The zero-order valence-corrected chi connectivity index (χ0v) is 7.69. The van der Waals surface area contributed by atoms with Crippen LogP contribution in [0.15, 0.2) is 18.2 Å². The van der Waals surface area contributed by atoms with Crippen molar-refractivity contribution in [1.82, 2.24) is 0 Å². The molecule has 0 radical (unpaired) electrons. The van der Waals surface area contributed by atoms with Crippen LogP contribution in [0.3, 0.4) is 0 Å². The summed E-state index contributed by atoms with van der Waals surface area (Å²) in [5, 5.41) is -0.536. The second kappa shape index (κ2) is 3.74. The van der Waals surface area contributed by atoms with Crippen LogP contribution in [0, 0.1) is 11.6 Å². The predicted octanol–water partition coefficient (Wildman–Crippen LogP) is 2.45. The Morgan fingerprint density at radius 3 is 2.46 bits per heavy atom. The molecule has 0 aliphatic carbocycles. The third-order valence-electron chi connectivity index (χ3n) is 1.58. The minimum absolute atomic E-state index is 0.263. The SMILES string of the molecule is CN(C(=O)S)c1ccc(F)c(F)c1. The number of halogens is 2. The highest BCUT2D eigenvalue weighted by Gasteiger charge is 2.09. The van der Waals surface area contributed by atoms with Gasteiger partial charge in [0.1, 0.15) is 0 Å². The molecule has 5 heteroatoms. The summed E-state index contributed by atoms with van der Waals surface area (Å²) in [6, 6.07) is 3.19. The fraction of sp³-hybridized carbons (Fsp3) is 0.125. The molecule has 13 heavy (non-hydrogen) atoms. The molecule has 0 bridgehead atoms. The van der Waals surface area contributed by atoms with Crippen LogP contribution in [-0.2, 0) is 0 Å². The van der Waals surface area contributed by atoms with Gasteiger partial charge in [0.25, 0.3) is 5.24 Å². The molecule has 0 spiro atoms. The van der Waals surface area contributed by atoms with E-state index in [1.807, 2.05) is 0 Å². The molecule has 0 aliphatic heterocycles. The van der Waals surface area contributed by atoms with Crippen molar-refractivity contribution in [2.24, 2.45) is 0 Å². The zero-order valence-electron chi connectivity index (χ0n) is 6.79. The van der Waals surface area contributed by atoms with E-state index in [1.54, 1.807) is 0 Å². The number of nitrogens with zero attached hydrogens (tertiary/aromatic N) is 1. The zero-order chi connectivity index (χ0) is 10.0. The largest absolute Gasteiger partial charge is 0.306 e. The number of rotatable bonds is 1. The maximum atomic E-state index is 12.7. The van der Waals surface area contributed by atoms with Gasteiger partial charge < -0.3 is 4.90 Å². The Labute approximate surface area is 79.6 Å². The molecule has 0 N–H and O–H groups in total. The molecule has 1 rings (SSSR count). The second-order valence-corrected chi connectivity index (χ2v) is 2.82. The number of benzene rings is 1. The topological polar surface area (TPSA) is 20.3 Å². The smallest absolute Gasteiger partial charge is 0.282 e. The Hall–Kier alpha value is -1.10. The van der Waals surface area contributed by atoms with Gasteiger partial charge >= 0.3 is 0 Å². The molecular weight excluding hydrogens is 196 g/mol. The Morgan fingerprint density at radius 2 is 2.00 bits per heavy atom. The molecule has 0 saturated carbocycles. The van der Waals surface area contributed by atoms with Crippen molar-refractivity contribution in [3.63, 3.8) is 0 Å². The maximum Gasteiger partial charge on any atom is 0.282 e. The van der Waals surface area contributed by atoms with Gasteiger partial charge in [0.2, 0.25) is 0 Å². The molecule has 1 aromatic rings. The molecule has 0 atom stereocenters. The summed E-state index contributed by atoms with van der Waals surface area (Å²) in [7, 11) is 1.42. The van der Waals surface area contributed by atoms with E-state index < -0.39 is 16.9 Å². The monoisotopic (exact) mass is 203 g/mol. The average Bonchev–Trinajstić information content (AvgIpc) is 2.08. The van der Waals surface area contributed by atoms with Crippen LogP contribution in [0.1, 0.15) is 0 Å². The highest BCUT2D eigenvalue weighted by molar-refractivity contribution is 7.96. The average molecular weight is 203 g/mol. The molecule has 0 aromatic heterocycles. The van der Waals surface area contributed by atoms with Gasteiger partial charge in [-0.25, -0.2) is 8.78 Å². The van der Waals surface area contributed by atoms with Crippen LogP contribution < -0.4 is 4.90 Å². The van der Waals surface area contributed by atoms with E-state index in [-0.39, 0.29) is 5.69 Å². The van der Waals surface area contributed by atoms with Gasteiger partial charge in [-0.1, -0.05) is 12.6 Å². The number of carbonyl (C=O) groups is 1. The first kappa shape index (κ1) is 9.98. The standard InChI is InChI=1S/C8H7F2NOS/c1-11(8(12)13)5-2-3-6(9)7(10)4-5/h2-4H,1H3,(H,12,13). The van der Waals surface area contributed by atoms with Crippen molar-refractivity contribution in [1.29, 1.82) is 0 Å². The van der Waals surface area contributed by atoms with E-state index in [2.05, 4.69) is 12.6 Å². The highest BCUT2D eigenvalue weighted by Crippen LogP contribution is 2.17. The Morgan fingerprint density at radius 1 is 1.38 bits per heavy atom. The second-order valence-electron chi connectivity index (χ2n) is 2.44. The minimum Gasteiger partial charge on any atom is -0.306 e. The van der Waals surface area contributed by atoms with E-state index in [4.69, 9.17) is 0 Å². The fourth-order valence-electron chi connectivity index (χ4n) is 0.804. The van der Waals surface area contributed by atoms with Crippen molar-refractivity contribution < 1.29 is 13.6 Å². The summed E-state index contributed by atoms with van der Waals surface area (Å²) in [5.41, 5.74) is 0.263. The normalized spacial score (nSPS) is 9.85. The maximum absolute atomic E-state index is 12.7. The summed E-state index contributed by atoms with van der Waals surface area (Å²) >= 11 is 3.54.